The average molecular weight is 153 g/mol. The summed E-state index contributed by atoms with van der Waals surface area (Å²) in [7, 11) is 0. The maximum atomic E-state index is 5.43. The van der Waals surface area contributed by atoms with Gasteiger partial charge in [0.15, 0.2) is 0 Å². The van der Waals surface area contributed by atoms with E-state index in [4.69, 9.17) is 5.73 Å². The molecule has 2 N–H and O–H groups in total. The average Bonchev–Trinajstić information content (AvgIpc) is 2.04. The van der Waals surface area contributed by atoms with Gasteiger partial charge in [0, 0.05) is 6.54 Å². The molecule has 11 heavy (non-hydrogen) atoms. The van der Waals surface area contributed by atoms with Crippen LogP contribution in [0, 0.1) is 0 Å². The smallest absolute Gasteiger partial charge is 0.0134 e. The molecule has 0 heterocycles. The van der Waals surface area contributed by atoms with Crippen molar-refractivity contribution in [3.63, 3.8) is 0 Å². The third-order valence-electron chi connectivity index (χ3n) is 1.68. The van der Waals surface area contributed by atoms with Crippen molar-refractivity contribution in [2.45, 2.75) is 32.6 Å². The monoisotopic (exact) mass is 153 g/mol. The maximum absolute atomic E-state index is 5.43. The fourth-order valence-corrected chi connectivity index (χ4v) is 0.865. The van der Waals surface area contributed by atoms with Crippen LogP contribution in [0.2, 0.25) is 0 Å². The van der Waals surface area contributed by atoms with Crippen molar-refractivity contribution < 1.29 is 0 Å². The summed E-state index contributed by atoms with van der Waals surface area (Å²) >= 11 is 0. The molecule has 0 rings (SSSR count). The van der Waals surface area contributed by atoms with Gasteiger partial charge in [0.1, 0.15) is 0 Å². The summed E-state index contributed by atoms with van der Waals surface area (Å²) in [5.74, 6) is 0. The molecule has 0 spiro atoms. The largest absolute Gasteiger partial charge is 0.327 e. The van der Waals surface area contributed by atoms with Crippen LogP contribution < -0.4 is 5.73 Å². The Morgan fingerprint density at radius 2 is 2.00 bits per heavy atom. The standard InChI is InChI=1S/C10H19N/c1-3-4-5-6-7-8-10(2)9-11/h3,8H,1,4-7,9,11H2,2H3/b10-8-. The number of rotatable bonds is 6. The highest BCUT2D eigenvalue weighted by atomic mass is 14.5. The Morgan fingerprint density at radius 1 is 1.36 bits per heavy atom. The van der Waals surface area contributed by atoms with E-state index in [1.165, 1.54) is 18.4 Å². The van der Waals surface area contributed by atoms with Crippen LogP contribution in [-0.2, 0) is 0 Å². The Balaban J connectivity index is 3.19. The van der Waals surface area contributed by atoms with Gasteiger partial charge in [-0.25, -0.2) is 0 Å². The fourth-order valence-electron chi connectivity index (χ4n) is 0.865. The van der Waals surface area contributed by atoms with Crippen molar-refractivity contribution in [2.24, 2.45) is 5.73 Å². The second kappa shape index (κ2) is 7.55. The first kappa shape index (κ1) is 10.4. The van der Waals surface area contributed by atoms with Crippen molar-refractivity contribution in [3.05, 3.63) is 24.3 Å². The lowest BCUT2D eigenvalue weighted by Gasteiger charge is -1.95. The molecule has 0 unspecified atom stereocenters. The second-order valence-electron chi connectivity index (χ2n) is 2.83. The summed E-state index contributed by atoms with van der Waals surface area (Å²) in [5.41, 5.74) is 6.72. The van der Waals surface area contributed by atoms with Gasteiger partial charge in [-0.1, -0.05) is 17.7 Å². The van der Waals surface area contributed by atoms with Gasteiger partial charge >= 0.3 is 0 Å². The Bertz CT molecular complexity index is 125. The Labute approximate surface area is 70.0 Å². The molecule has 0 atom stereocenters. The molecule has 1 nitrogen and oxygen atoms in total. The highest BCUT2D eigenvalue weighted by Crippen LogP contribution is 2.02. The predicted octanol–water partition coefficient (Wildman–Crippen LogP) is 2.64. The van der Waals surface area contributed by atoms with Crippen LogP contribution in [-0.4, -0.2) is 6.54 Å². The van der Waals surface area contributed by atoms with Crippen LogP contribution in [0.15, 0.2) is 24.3 Å². The zero-order valence-electron chi connectivity index (χ0n) is 7.47. The zero-order chi connectivity index (χ0) is 8.53. The van der Waals surface area contributed by atoms with Gasteiger partial charge in [-0.3, -0.25) is 0 Å². The normalized spacial score (nSPS) is 11.6. The minimum absolute atomic E-state index is 0.696. The first-order valence-corrected chi connectivity index (χ1v) is 4.28. The van der Waals surface area contributed by atoms with Crippen LogP contribution in [0.4, 0.5) is 0 Å². The van der Waals surface area contributed by atoms with E-state index in [1.807, 2.05) is 6.08 Å². The SMILES string of the molecule is C=CCCCC/C=C(/C)CN. The van der Waals surface area contributed by atoms with Crippen LogP contribution in [0.3, 0.4) is 0 Å². The molecule has 0 aromatic carbocycles. The molecule has 0 aromatic rings. The number of unbranched alkanes of at least 4 members (excludes halogenated alkanes) is 3. The van der Waals surface area contributed by atoms with Crippen molar-refractivity contribution >= 4 is 0 Å². The summed E-state index contributed by atoms with van der Waals surface area (Å²) in [5, 5.41) is 0. The van der Waals surface area contributed by atoms with Gasteiger partial charge in [0.05, 0.1) is 0 Å². The molecule has 0 aliphatic heterocycles. The maximum Gasteiger partial charge on any atom is 0.0134 e. The molecule has 1 heteroatoms. The van der Waals surface area contributed by atoms with E-state index >= 15 is 0 Å². The molecule has 0 bridgehead atoms. The van der Waals surface area contributed by atoms with Crippen molar-refractivity contribution in [2.75, 3.05) is 6.54 Å². The molecule has 0 radical (unpaired) electrons. The van der Waals surface area contributed by atoms with Crippen molar-refractivity contribution in [1.82, 2.24) is 0 Å². The number of nitrogens with two attached hydrogens (primary N) is 1. The quantitative estimate of drug-likeness (QED) is 0.460. The molecule has 0 aliphatic rings. The zero-order valence-corrected chi connectivity index (χ0v) is 7.47. The molecule has 0 saturated carbocycles. The van der Waals surface area contributed by atoms with Gasteiger partial charge < -0.3 is 5.73 Å². The number of allylic oxidation sites excluding steroid dienone is 2. The lowest BCUT2D eigenvalue weighted by Crippen LogP contribution is -1.99. The van der Waals surface area contributed by atoms with E-state index in [1.54, 1.807) is 0 Å². The first-order valence-electron chi connectivity index (χ1n) is 4.28. The van der Waals surface area contributed by atoms with Crippen LogP contribution in [0.25, 0.3) is 0 Å². The third-order valence-corrected chi connectivity index (χ3v) is 1.68. The Kier molecular flexibility index (Phi) is 7.16. The second-order valence-corrected chi connectivity index (χ2v) is 2.83. The lowest BCUT2D eigenvalue weighted by atomic mass is 10.1. The lowest BCUT2D eigenvalue weighted by molar-refractivity contribution is 0.759. The van der Waals surface area contributed by atoms with E-state index < -0.39 is 0 Å². The van der Waals surface area contributed by atoms with E-state index in [-0.39, 0.29) is 0 Å². The molecule has 0 fully saturated rings. The highest BCUT2D eigenvalue weighted by Gasteiger charge is 1.85. The summed E-state index contributed by atoms with van der Waals surface area (Å²) in [6.07, 6.45) is 9.00. The molecule has 0 aliphatic carbocycles. The van der Waals surface area contributed by atoms with Gasteiger partial charge in [0.2, 0.25) is 0 Å². The van der Waals surface area contributed by atoms with Crippen LogP contribution in [0.5, 0.6) is 0 Å². The summed E-state index contributed by atoms with van der Waals surface area (Å²) in [4.78, 5) is 0. The predicted molar refractivity (Wildman–Crippen MR) is 51.5 cm³/mol. The molecule has 0 aromatic heterocycles. The highest BCUT2D eigenvalue weighted by molar-refractivity contribution is 4.98. The van der Waals surface area contributed by atoms with Gasteiger partial charge in [-0.15, -0.1) is 6.58 Å². The summed E-state index contributed by atoms with van der Waals surface area (Å²) in [6, 6.07) is 0. The molecular formula is C10H19N. The van der Waals surface area contributed by atoms with E-state index in [0.29, 0.717) is 6.54 Å². The van der Waals surface area contributed by atoms with Gasteiger partial charge in [-0.2, -0.15) is 0 Å². The Morgan fingerprint density at radius 3 is 2.55 bits per heavy atom. The fraction of sp³-hybridized carbons (Fsp3) is 0.600. The van der Waals surface area contributed by atoms with E-state index in [0.717, 1.165) is 12.8 Å². The molecule has 0 amide bonds. The third kappa shape index (κ3) is 7.34. The minimum Gasteiger partial charge on any atom is -0.327 e. The molecular weight excluding hydrogens is 134 g/mol. The van der Waals surface area contributed by atoms with Crippen molar-refractivity contribution in [3.8, 4) is 0 Å². The van der Waals surface area contributed by atoms with Crippen LogP contribution in [0.1, 0.15) is 32.6 Å². The number of hydrogen-bond donors (Lipinski definition) is 1. The topological polar surface area (TPSA) is 26.0 Å². The summed E-state index contributed by atoms with van der Waals surface area (Å²) < 4.78 is 0. The van der Waals surface area contributed by atoms with E-state index in [9.17, 15) is 0 Å². The van der Waals surface area contributed by atoms with Crippen molar-refractivity contribution in [1.29, 1.82) is 0 Å². The summed E-state index contributed by atoms with van der Waals surface area (Å²) in [6.45, 7) is 6.45. The van der Waals surface area contributed by atoms with Gasteiger partial charge in [-0.05, 0) is 32.6 Å². The van der Waals surface area contributed by atoms with Gasteiger partial charge in [0.25, 0.3) is 0 Å². The van der Waals surface area contributed by atoms with E-state index in [2.05, 4.69) is 19.6 Å². The Hall–Kier alpha value is -0.560. The molecule has 0 saturated heterocycles. The number of hydrogen-bond acceptors (Lipinski definition) is 1. The first-order chi connectivity index (χ1) is 5.31. The molecule has 64 valence electrons. The minimum atomic E-state index is 0.696. The van der Waals surface area contributed by atoms with Crippen LogP contribution >= 0.6 is 0 Å².